The Balaban J connectivity index is 0.00000341. The van der Waals surface area contributed by atoms with Crippen LogP contribution in [0.4, 0.5) is 5.69 Å². The summed E-state index contributed by atoms with van der Waals surface area (Å²) in [6.07, 6.45) is 5.24. The van der Waals surface area contributed by atoms with E-state index in [4.69, 9.17) is 0 Å². The lowest BCUT2D eigenvalue weighted by Crippen LogP contribution is -2.48. The summed E-state index contributed by atoms with van der Waals surface area (Å²) in [5.74, 6) is 0.877. The molecule has 2 N–H and O–H groups in total. The van der Waals surface area contributed by atoms with Crippen molar-refractivity contribution < 1.29 is 4.92 Å². The van der Waals surface area contributed by atoms with Crippen LogP contribution in [0.2, 0.25) is 0 Å². The van der Waals surface area contributed by atoms with Gasteiger partial charge in [-0.3, -0.25) is 20.0 Å². The molecule has 0 aliphatic carbocycles. The number of piperidine rings is 1. The Kier molecular flexibility index (Phi) is 11.2. The van der Waals surface area contributed by atoms with Gasteiger partial charge in [0.1, 0.15) is 0 Å². The molecule has 0 radical (unpaired) electrons. The summed E-state index contributed by atoms with van der Waals surface area (Å²) < 4.78 is 0. The van der Waals surface area contributed by atoms with Crippen molar-refractivity contribution in [3.05, 3.63) is 62.3 Å². The van der Waals surface area contributed by atoms with Crippen molar-refractivity contribution in [1.29, 1.82) is 0 Å². The molecular weight excluding hydrogens is 525 g/mol. The summed E-state index contributed by atoms with van der Waals surface area (Å²) >= 11 is 1.76. The highest BCUT2D eigenvalue weighted by Crippen LogP contribution is 2.16. The number of hydrogen-bond acceptors (Lipinski definition) is 5. The Morgan fingerprint density at radius 1 is 1.19 bits per heavy atom. The van der Waals surface area contributed by atoms with Gasteiger partial charge >= 0.3 is 0 Å². The molecule has 1 fully saturated rings. The summed E-state index contributed by atoms with van der Waals surface area (Å²) in [6, 6.07) is 9.52. The quantitative estimate of drug-likeness (QED) is 0.119. The lowest BCUT2D eigenvalue weighted by atomic mass is 10.0. The highest BCUT2D eigenvalue weighted by molar-refractivity contribution is 14.0. The first-order valence-corrected chi connectivity index (χ1v) is 11.5. The minimum Gasteiger partial charge on any atom is -0.356 e. The lowest BCUT2D eigenvalue weighted by Gasteiger charge is -2.32. The third-order valence-corrected chi connectivity index (χ3v) is 6.20. The largest absolute Gasteiger partial charge is 0.356 e. The van der Waals surface area contributed by atoms with Crippen LogP contribution in [-0.2, 0) is 13.0 Å². The third-order valence-electron chi connectivity index (χ3n) is 5.47. The van der Waals surface area contributed by atoms with Crippen LogP contribution in [-0.4, -0.2) is 48.5 Å². The zero-order valence-corrected chi connectivity index (χ0v) is 21.1. The average molecular weight is 558 g/mol. The first-order chi connectivity index (χ1) is 14.6. The lowest BCUT2D eigenvalue weighted by molar-refractivity contribution is -0.384. The summed E-state index contributed by atoms with van der Waals surface area (Å²) in [7, 11) is 1.82. The summed E-state index contributed by atoms with van der Waals surface area (Å²) in [5, 5.41) is 22.1. The van der Waals surface area contributed by atoms with Crippen LogP contribution in [0, 0.1) is 10.1 Å². The molecule has 0 bridgehead atoms. The Hall–Kier alpha value is -1.72. The van der Waals surface area contributed by atoms with Crippen LogP contribution >= 0.6 is 35.3 Å². The van der Waals surface area contributed by atoms with Crippen LogP contribution in [0.15, 0.2) is 46.1 Å². The minimum absolute atomic E-state index is 0. The average Bonchev–Trinajstić information content (AvgIpc) is 3.27. The van der Waals surface area contributed by atoms with Crippen molar-refractivity contribution in [1.82, 2.24) is 15.5 Å². The maximum absolute atomic E-state index is 10.7. The number of nitro groups is 1. The van der Waals surface area contributed by atoms with Crippen molar-refractivity contribution in [3.8, 4) is 0 Å². The van der Waals surface area contributed by atoms with Crippen LogP contribution in [0.5, 0.6) is 0 Å². The second-order valence-electron chi connectivity index (χ2n) is 7.71. The molecule has 0 spiro atoms. The number of nitrogens with zero attached hydrogens (tertiary/aromatic N) is 3. The van der Waals surface area contributed by atoms with Gasteiger partial charge in [0.05, 0.1) is 4.92 Å². The van der Waals surface area contributed by atoms with Crippen molar-refractivity contribution in [2.24, 2.45) is 4.99 Å². The molecule has 1 saturated heterocycles. The van der Waals surface area contributed by atoms with E-state index >= 15 is 0 Å². The zero-order chi connectivity index (χ0) is 21.2. The number of thiophene rings is 1. The van der Waals surface area contributed by atoms with Crippen molar-refractivity contribution in [2.45, 2.75) is 44.7 Å². The van der Waals surface area contributed by atoms with Crippen molar-refractivity contribution in [3.63, 3.8) is 0 Å². The van der Waals surface area contributed by atoms with Gasteiger partial charge < -0.3 is 10.6 Å². The monoisotopic (exact) mass is 557 g/mol. The highest BCUT2D eigenvalue weighted by Gasteiger charge is 2.20. The van der Waals surface area contributed by atoms with Crippen LogP contribution in [0.1, 0.15) is 36.8 Å². The number of nitrogens with one attached hydrogen (secondary N) is 2. The fraction of sp³-hybridized carbons (Fsp3) is 0.500. The fourth-order valence-electron chi connectivity index (χ4n) is 3.71. The molecule has 3 rings (SSSR count). The maximum Gasteiger partial charge on any atom is 0.269 e. The van der Waals surface area contributed by atoms with Gasteiger partial charge in [-0.1, -0.05) is 12.1 Å². The number of nitro benzene ring substituents is 1. The molecule has 1 aromatic heterocycles. The number of aliphatic imine (C=N–C) groups is 1. The van der Waals surface area contributed by atoms with Gasteiger partial charge in [0.15, 0.2) is 5.96 Å². The Labute approximate surface area is 205 Å². The van der Waals surface area contributed by atoms with Crippen molar-refractivity contribution in [2.75, 3.05) is 26.7 Å². The molecule has 31 heavy (non-hydrogen) atoms. The third kappa shape index (κ3) is 8.74. The standard InChI is InChI=1S/C22H31N5O2S.HI/c1-23-22(24-12-3-2-4-18-5-7-21(8-6-18)27(28)29)25-20-9-13-26(14-10-20)16-19-11-15-30-17-19;/h5-8,11,15,17,20H,2-4,9-10,12-14,16H2,1H3,(H2,23,24,25);1H. The molecule has 1 aromatic carbocycles. The van der Waals surface area contributed by atoms with Gasteiger partial charge in [-0.2, -0.15) is 11.3 Å². The predicted octanol–water partition coefficient (Wildman–Crippen LogP) is 4.43. The first-order valence-electron chi connectivity index (χ1n) is 10.6. The molecule has 7 nitrogen and oxygen atoms in total. The molecule has 1 aliphatic heterocycles. The maximum atomic E-state index is 10.7. The van der Waals surface area contributed by atoms with E-state index in [9.17, 15) is 10.1 Å². The predicted molar refractivity (Wildman–Crippen MR) is 139 cm³/mol. The number of benzene rings is 1. The van der Waals surface area contributed by atoms with E-state index < -0.39 is 0 Å². The van der Waals surface area contributed by atoms with E-state index in [0.717, 1.165) is 69.8 Å². The van der Waals surface area contributed by atoms with Gasteiger partial charge in [-0.25, -0.2) is 0 Å². The molecular formula is C22H32IN5O2S. The normalized spacial score (nSPS) is 15.3. The van der Waals surface area contributed by atoms with E-state index in [2.05, 4.69) is 37.4 Å². The molecule has 0 atom stereocenters. The van der Waals surface area contributed by atoms with Crippen molar-refractivity contribution >= 4 is 47.0 Å². The van der Waals surface area contributed by atoms with E-state index in [1.54, 1.807) is 23.5 Å². The second-order valence-corrected chi connectivity index (χ2v) is 8.49. The van der Waals surface area contributed by atoms with Gasteiger partial charge in [0.25, 0.3) is 5.69 Å². The molecule has 0 saturated carbocycles. The molecule has 9 heteroatoms. The Bertz CT molecular complexity index is 806. The molecule has 170 valence electrons. The molecule has 2 heterocycles. The summed E-state index contributed by atoms with van der Waals surface area (Å²) in [5.41, 5.74) is 2.70. The van der Waals surface area contributed by atoms with Gasteiger partial charge in [-0.05, 0) is 60.1 Å². The van der Waals surface area contributed by atoms with Crippen LogP contribution < -0.4 is 10.6 Å². The number of hydrogen-bond donors (Lipinski definition) is 2. The van der Waals surface area contributed by atoms with Gasteiger partial charge in [-0.15, -0.1) is 24.0 Å². The second kappa shape index (κ2) is 13.6. The number of guanidine groups is 1. The topological polar surface area (TPSA) is 82.8 Å². The summed E-state index contributed by atoms with van der Waals surface area (Å²) in [6.45, 7) is 4.14. The van der Waals surface area contributed by atoms with E-state index in [-0.39, 0.29) is 34.6 Å². The van der Waals surface area contributed by atoms with Crippen LogP contribution in [0.3, 0.4) is 0 Å². The SMILES string of the molecule is CN=C(NCCCCc1ccc([N+](=O)[O-])cc1)NC1CCN(Cc2ccsc2)CC1.I. The van der Waals surface area contributed by atoms with E-state index in [0.29, 0.717) is 6.04 Å². The number of non-ortho nitro benzene ring substituents is 1. The molecule has 2 aromatic rings. The number of halogens is 1. The Morgan fingerprint density at radius 2 is 1.94 bits per heavy atom. The fourth-order valence-corrected chi connectivity index (χ4v) is 4.37. The first kappa shape index (κ1) is 25.5. The Morgan fingerprint density at radius 3 is 2.55 bits per heavy atom. The molecule has 1 aliphatic rings. The minimum atomic E-state index is -0.361. The smallest absolute Gasteiger partial charge is 0.269 e. The number of rotatable bonds is 9. The molecule has 0 unspecified atom stereocenters. The number of unbranched alkanes of at least 4 members (excludes halogenated alkanes) is 1. The van der Waals surface area contributed by atoms with E-state index in [1.165, 1.54) is 5.56 Å². The molecule has 0 amide bonds. The number of aryl methyl sites for hydroxylation is 1. The van der Waals surface area contributed by atoms with E-state index in [1.807, 2.05) is 19.2 Å². The van der Waals surface area contributed by atoms with Crippen LogP contribution in [0.25, 0.3) is 0 Å². The highest BCUT2D eigenvalue weighted by atomic mass is 127. The summed E-state index contributed by atoms with van der Waals surface area (Å²) in [4.78, 5) is 17.2. The number of likely N-dealkylation sites (tertiary alicyclic amines) is 1. The van der Waals surface area contributed by atoms with Gasteiger partial charge in [0.2, 0.25) is 0 Å². The zero-order valence-electron chi connectivity index (χ0n) is 18.0. The van der Waals surface area contributed by atoms with Gasteiger partial charge in [0, 0.05) is 51.4 Å².